The third-order valence-corrected chi connectivity index (χ3v) is 3.34. The summed E-state index contributed by atoms with van der Waals surface area (Å²) in [5.41, 5.74) is 1.78. The van der Waals surface area contributed by atoms with Crippen LogP contribution >= 0.6 is 23.2 Å². The maximum absolute atomic E-state index is 11.6. The molecular formula is C16H14Cl2N2O. The highest BCUT2D eigenvalue weighted by atomic mass is 35.5. The first-order valence-corrected chi connectivity index (χ1v) is 7.10. The smallest absolute Gasteiger partial charge is 0.319 e. The zero-order valence-corrected chi connectivity index (χ0v) is 12.7. The van der Waals surface area contributed by atoms with Gasteiger partial charge in [-0.25, -0.2) is 4.79 Å². The van der Waals surface area contributed by atoms with Gasteiger partial charge >= 0.3 is 6.03 Å². The quantitative estimate of drug-likeness (QED) is 0.857. The number of benzene rings is 2. The summed E-state index contributed by atoms with van der Waals surface area (Å²) >= 11 is 11.9. The summed E-state index contributed by atoms with van der Waals surface area (Å²) in [6.07, 6.45) is 3.33. The lowest BCUT2D eigenvalue weighted by Gasteiger charge is -2.06. The van der Waals surface area contributed by atoms with Gasteiger partial charge < -0.3 is 10.6 Å². The van der Waals surface area contributed by atoms with Crippen LogP contribution < -0.4 is 10.6 Å². The molecule has 2 amide bonds. The van der Waals surface area contributed by atoms with Crippen molar-refractivity contribution < 1.29 is 4.79 Å². The molecule has 0 aromatic heterocycles. The van der Waals surface area contributed by atoms with E-state index in [9.17, 15) is 4.79 Å². The van der Waals surface area contributed by atoms with Crippen LogP contribution in [0.25, 0.3) is 6.08 Å². The lowest BCUT2D eigenvalue weighted by atomic mass is 10.2. The van der Waals surface area contributed by atoms with Gasteiger partial charge in [-0.1, -0.05) is 53.5 Å². The molecule has 21 heavy (non-hydrogen) atoms. The Morgan fingerprint density at radius 1 is 1.10 bits per heavy atom. The molecule has 0 aliphatic rings. The van der Waals surface area contributed by atoms with Gasteiger partial charge in [0.15, 0.2) is 0 Å². The van der Waals surface area contributed by atoms with Crippen molar-refractivity contribution in [3.05, 3.63) is 75.9 Å². The first-order valence-electron chi connectivity index (χ1n) is 6.35. The van der Waals surface area contributed by atoms with Crippen LogP contribution in [0.15, 0.2) is 54.7 Å². The van der Waals surface area contributed by atoms with E-state index in [0.29, 0.717) is 16.6 Å². The molecule has 0 heterocycles. The Bertz CT molecular complexity index is 656. The number of carbonyl (C=O) groups is 1. The maximum atomic E-state index is 11.6. The fourth-order valence-corrected chi connectivity index (χ4v) is 2.09. The van der Waals surface area contributed by atoms with Crippen LogP contribution in [-0.2, 0) is 6.54 Å². The van der Waals surface area contributed by atoms with E-state index in [1.165, 1.54) is 0 Å². The predicted octanol–water partition coefficient (Wildman–Crippen LogP) is 4.46. The number of nitrogens with one attached hydrogen (secondary N) is 2. The predicted molar refractivity (Wildman–Crippen MR) is 87.3 cm³/mol. The molecule has 0 unspecified atom stereocenters. The standard InChI is InChI=1S/C16H14Cl2N2O/c17-14-6-3-4-12(10-14)8-9-19-16(21)20-11-13-5-1-2-7-15(13)18/h1-10H,11H2,(H2,19,20,21)/b9-8+. The minimum Gasteiger partial charge on any atom is -0.334 e. The van der Waals surface area contributed by atoms with Crippen molar-refractivity contribution in [3.63, 3.8) is 0 Å². The third-order valence-electron chi connectivity index (χ3n) is 2.74. The first kappa shape index (κ1) is 15.4. The highest BCUT2D eigenvalue weighted by Crippen LogP contribution is 2.14. The van der Waals surface area contributed by atoms with Crippen molar-refractivity contribution in [1.29, 1.82) is 0 Å². The Labute approximate surface area is 133 Å². The Morgan fingerprint density at radius 3 is 2.67 bits per heavy atom. The fraction of sp³-hybridized carbons (Fsp3) is 0.0625. The molecule has 2 aromatic rings. The minimum atomic E-state index is -0.298. The Balaban J connectivity index is 1.81. The molecular weight excluding hydrogens is 307 g/mol. The molecule has 0 radical (unpaired) electrons. The first-order chi connectivity index (χ1) is 10.1. The molecule has 0 fully saturated rings. The normalized spacial score (nSPS) is 10.6. The molecule has 0 atom stereocenters. The highest BCUT2D eigenvalue weighted by molar-refractivity contribution is 6.31. The molecule has 0 saturated heterocycles. The number of halogens is 2. The summed E-state index contributed by atoms with van der Waals surface area (Å²) in [5.74, 6) is 0. The van der Waals surface area contributed by atoms with Crippen molar-refractivity contribution in [2.75, 3.05) is 0 Å². The van der Waals surface area contributed by atoms with Gasteiger partial charge in [0, 0.05) is 22.8 Å². The van der Waals surface area contributed by atoms with E-state index in [4.69, 9.17) is 23.2 Å². The van der Waals surface area contributed by atoms with Crippen LogP contribution in [0.5, 0.6) is 0 Å². The Hall–Kier alpha value is -1.97. The average molecular weight is 321 g/mol. The van der Waals surface area contributed by atoms with Gasteiger partial charge in [0.1, 0.15) is 0 Å². The van der Waals surface area contributed by atoms with Crippen molar-refractivity contribution >= 4 is 35.3 Å². The highest BCUT2D eigenvalue weighted by Gasteiger charge is 2.01. The van der Waals surface area contributed by atoms with Crippen molar-refractivity contribution in [1.82, 2.24) is 10.6 Å². The van der Waals surface area contributed by atoms with Crippen LogP contribution in [0, 0.1) is 0 Å². The summed E-state index contributed by atoms with van der Waals surface area (Å²) in [7, 11) is 0. The van der Waals surface area contributed by atoms with Crippen LogP contribution in [0.1, 0.15) is 11.1 Å². The molecule has 0 aliphatic carbocycles. The van der Waals surface area contributed by atoms with Gasteiger partial charge in [-0.3, -0.25) is 0 Å². The molecule has 2 rings (SSSR count). The molecule has 0 spiro atoms. The zero-order valence-electron chi connectivity index (χ0n) is 11.1. The number of carbonyl (C=O) groups excluding carboxylic acids is 1. The summed E-state index contributed by atoms with van der Waals surface area (Å²) < 4.78 is 0. The number of urea groups is 1. The second-order valence-corrected chi connectivity index (χ2v) is 5.15. The largest absolute Gasteiger partial charge is 0.334 e. The third kappa shape index (κ3) is 5.14. The van der Waals surface area contributed by atoms with Crippen LogP contribution in [0.3, 0.4) is 0 Å². The van der Waals surface area contributed by atoms with Crippen molar-refractivity contribution in [3.8, 4) is 0 Å². The van der Waals surface area contributed by atoms with Gasteiger partial charge in [0.05, 0.1) is 0 Å². The summed E-state index contributed by atoms with van der Waals surface area (Å²) in [4.78, 5) is 11.6. The minimum absolute atomic E-state index is 0.298. The number of rotatable bonds is 4. The van der Waals surface area contributed by atoms with E-state index in [1.807, 2.05) is 30.3 Å². The van der Waals surface area contributed by atoms with Gasteiger partial charge in [-0.2, -0.15) is 0 Å². The van der Waals surface area contributed by atoms with Gasteiger partial charge in [-0.15, -0.1) is 0 Å². The Kier molecular flexibility index (Phi) is 5.67. The molecule has 0 saturated carbocycles. The number of hydrogen-bond donors (Lipinski definition) is 2. The second kappa shape index (κ2) is 7.72. The monoisotopic (exact) mass is 320 g/mol. The SMILES string of the molecule is O=C(N/C=C/c1cccc(Cl)c1)NCc1ccccc1Cl. The van der Waals surface area contributed by atoms with E-state index < -0.39 is 0 Å². The van der Waals surface area contributed by atoms with Crippen LogP contribution in [-0.4, -0.2) is 6.03 Å². The molecule has 2 aromatic carbocycles. The van der Waals surface area contributed by atoms with E-state index >= 15 is 0 Å². The van der Waals surface area contributed by atoms with Crippen LogP contribution in [0.2, 0.25) is 10.0 Å². The molecule has 0 bridgehead atoms. The summed E-state index contributed by atoms with van der Waals surface area (Å²) in [6.45, 7) is 0.372. The molecule has 108 valence electrons. The lowest BCUT2D eigenvalue weighted by molar-refractivity contribution is 0.244. The van der Waals surface area contributed by atoms with Gasteiger partial charge in [-0.05, 0) is 35.4 Å². The summed E-state index contributed by atoms with van der Waals surface area (Å²) in [6, 6.07) is 14.4. The van der Waals surface area contributed by atoms with Crippen molar-refractivity contribution in [2.24, 2.45) is 0 Å². The second-order valence-electron chi connectivity index (χ2n) is 4.31. The summed E-state index contributed by atoms with van der Waals surface area (Å²) in [5, 5.41) is 6.63. The maximum Gasteiger partial charge on any atom is 0.319 e. The molecule has 2 N–H and O–H groups in total. The number of hydrogen-bond acceptors (Lipinski definition) is 1. The Morgan fingerprint density at radius 2 is 1.90 bits per heavy atom. The molecule has 0 aliphatic heterocycles. The van der Waals surface area contributed by atoms with Crippen LogP contribution in [0.4, 0.5) is 4.79 Å². The number of amides is 2. The van der Waals surface area contributed by atoms with Gasteiger partial charge in [0.2, 0.25) is 0 Å². The zero-order chi connectivity index (χ0) is 15.1. The van der Waals surface area contributed by atoms with E-state index in [1.54, 1.807) is 30.5 Å². The topological polar surface area (TPSA) is 41.1 Å². The van der Waals surface area contributed by atoms with E-state index in [-0.39, 0.29) is 6.03 Å². The van der Waals surface area contributed by atoms with E-state index in [2.05, 4.69) is 10.6 Å². The average Bonchev–Trinajstić information content (AvgIpc) is 2.46. The van der Waals surface area contributed by atoms with Gasteiger partial charge in [0.25, 0.3) is 0 Å². The van der Waals surface area contributed by atoms with Crippen molar-refractivity contribution in [2.45, 2.75) is 6.54 Å². The van der Waals surface area contributed by atoms with E-state index in [0.717, 1.165) is 11.1 Å². The lowest BCUT2D eigenvalue weighted by Crippen LogP contribution is -2.31. The fourth-order valence-electron chi connectivity index (χ4n) is 1.69. The molecule has 3 nitrogen and oxygen atoms in total. The molecule has 5 heteroatoms.